The molecule has 2 N–H and O–H groups in total. The lowest BCUT2D eigenvalue weighted by Gasteiger charge is -2.21. The molecule has 3 aromatic carbocycles. The van der Waals surface area contributed by atoms with Crippen molar-refractivity contribution in [2.75, 3.05) is 0 Å². The Morgan fingerprint density at radius 2 is 1.11 bits per heavy atom. The zero-order valence-electron chi connectivity index (χ0n) is 24.1. The number of benzene rings is 3. The number of rotatable bonds is 11. The van der Waals surface area contributed by atoms with Crippen molar-refractivity contribution >= 4 is 94.1 Å². The summed E-state index contributed by atoms with van der Waals surface area (Å²) in [5, 5.41) is 14.2. The number of hydrogen-bond donors (Lipinski definition) is 2. The first-order valence-electron chi connectivity index (χ1n) is 13.3. The number of nitrogens with one attached hydrogen (secondary N) is 2. The molecule has 0 bridgehead atoms. The van der Waals surface area contributed by atoms with Gasteiger partial charge in [-0.15, -0.1) is 0 Å². The van der Waals surface area contributed by atoms with Crippen LogP contribution in [0.25, 0.3) is 0 Å². The second-order valence-electron chi connectivity index (χ2n) is 10.1. The minimum atomic E-state index is -4.29. The van der Waals surface area contributed by atoms with E-state index in [2.05, 4.69) is 20.4 Å². The Morgan fingerprint density at radius 3 is 1.45 bits per heavy atom. The highest BCUT2D eigenvalue weighted by Gasteiger charge is 2.44. The van der Waals surface area contributed by atoms with Gasteiger partial charge in [-0.05, 0) is 85.5 Å². The quantitative estimate of drug-likeness (QED) is 0.0787. The van der Waals surface area contributed by atoms with E-state index in [0.29, 0.717) is 52.8 Å². The van der Waals surface area contributed by atoms with Gasteiger partial charge in [0.15, 0.2) is 16.6 Å². The van der Waals surface area contributed by atoms with Gasteiger partial charge in [0.2, 0.25) is 18.2 Å². The van der Waals surface area contributed by atoms with Crippen LogP contribution < -0.4 is 5.30 Å². The summed E-state index contributed by atoms with van der Waals surface area (Å²) in [7, 11) is -4.29. The molecule has 0 amide bonds. The molecule has 2 aromatic heterocycles. The Balaban J connectivity index is 1.50. The molecule has 226 valence electrons. The van der Waals surface area contributed by atoms with Gasteiger partial charge in [-0.1, -0.05) is 101 Å². The minimum absolute atomic E-state index is 0.228. The predicted octanol–water partition coefficient (Wildman–Crippen LogP) is 9.20. The Morgan fingerprint density at radius 1 is 0.727 bits per heavy atom. The molecule has 0 saturated heterocycles. The van der Waals surface area contributed by atoms with E-state index in [1.807, 2.05) is 52.0 Å². The number of aromatic amines is 2. The standard InChI is InChI=1S/C30H27N4O3PS6/c1-16-10-20(14-41-29-33-31-27(39)43-29)11-17(2)23(16)25(35)38(37,22-8-6-5-7-9-22)26(36)24-18(3)12-21(13-19(24)4)15-42-30-34-32-28(40)44-30/h5-13H,14-15H2,1-4H3,(H,31,39)(H,32,40). The molecule has 0 unspecified atom stereocenters. The highest BCUT2D eigenvalue weighted by molar-refractivity contribution is 8.01. The van der Waals surface area contributed by atoms with Crippen LogP contribution in [0, 0.1) is 35.6 Å². The topological polar surface area (TPSA) is 109 Å². The van der Waals surface area contributed by atoms with E-state index in [9.17, 15) is 9.59 Å². The highest BCUT2D eigenvalue weighted by Crippen LogP contribution is 2.53. The fraction of sp³-hybridized carbons (Fsp3) is 0.200. The van der Waals surface area contributed by atoms with Crippen LogP contribution in [0.15, 0.2) is 63.3 Å². The van der Waals surface area contributed by atoms with Crippen molar-refractivity contribution in [2.45, 2.75) is 47.9 Å². The lowest BCUT2D eigenvalue weighted by atomic mass is 10.0. The minimum Gasteiger partial charge on any atom is -0.302 e. The maximum Gasteiger partial charge on any atom is 0.248 e. The van der Waals surface area contributed by atoms with E-state index in [4.69, 9.17) is 24.4 Å². The van der Waals surface area contributed by atoms with Crippen LogP contribution in [0.2, 0.25) is 0 Å². The number of thioether (sulfide) groups is 2. The van der Waals surface area contributed by atoms with Crippen molar-refractivity contribution in [3.8, 4) is 0 Å². The van der Waals surface area contributed by atoms with Gasteiger partial charge in [0.25, 0.3) is 0 Å². The first kappa shape index (κ1) is 32.9. The van der Waals surface area contributed by atoms with Gasteiger partial charge in [0.05, 0.1) is 0 Å². The summed E-state index contributed by atoms with van der Waals surface area (Å²) in [5.41, 5.74) is 4.01. The molecule has 5 aromatic rings. The Bertz CT molecular complexity index is 1880. The fourth-order valence-electron chi connectivity index (χ4n) is 5.07. The van der Waals surface area contributed by atoms with Gasteiger partial charge in [-0.25, -0.2) is 0 Å². The SMILES string of the molecule is Cc1cc(CSc2n[nH]c(=S)s2)cc(C)c1C(=O)P(=O)(C(=O)c1c(C)cc(CSc2n[nH]c(=S)s2)cc1C)c1ccccc1. The summed E-state index contributed by atoms with van der Waals surface area (Å²) in [6.45, 7) is 7.30. The first-order chi connectivity index (χ1) is 21.0. The zero-order valence-corrected chi connectivity index (χ0v) is 29.9. The lowest BCUT2D eigenvalue weighted by Crippen LogP contribution is -2.23. The van der Waals surface area contributed by atoms with Gasteiger partial charge in [-0.2, -0.15) is 10.2 Å². The molecular weight excluding hydrogens is 688 g/mol. The van der Waals surface area contributed by atoms with E-state index < -0.39 is 18.2 Å². The summed E-state index contributed by atoms with van der Waals surface area (Å²) < 4.78 is 18.0. The van der Waals surface area contributed by atoms with E-state index >= 15 is 4.57 Å². The van der Waals surface area contributed by atoms with E-state index in [-0.39, 0.29) is 5.30 Å². The number of H-pyrrole nitrogens is 2. The van der Waals surface area contributed by atoms with Crippen molar-refractivity contribution in [2.24, 2.45) is 0 Å². The van der Waals surface area contributed by atoms with Gasteiger partial charge >= 0.3 is 0 Å². The number of aryl methyl sites for hydroxylation is 4. The molecule has 0 radical (unpaired) electrons. The highest BCUT2D eigenvalue weighted by atomic mass is 32.2. The smallest absolute Gasteiger partial charge is 0.248 e. The van der Waals surface area contributed by atoms with Crippen molar-refractivity contribution in [1.29, 1.82) is 0 Å². The molecule has 0 aliphatic carbocycles. The molecule has 14 heteroatoms. The molecule has 0 atom stereocenters. The number of carbonyl (C=O) groups excluding carboxylic acids is 2. The van der Waals surface area contributed by atoms with Crippen molar-refractivity contribution < 1.29 is 14.2 Å². The molecule has 7 nitrogen and oxygen atoms in total. The maximum absolute atomic E-state index is 15.1. The summed E-state index contributed by atoms with van der Waals surface area (Å²) in [6.07, 6.45) is 0. The van der Waals surface area contributed by atoms with Gasteiger partial charge in [0.1, 0.15) is 0 Å². The molecule has 44 heavy (non-hydrogen) atoms. The summed E-state index contributed by atoms with van der Waals surface area (Å²) in [4.78, 5) is 28.9. The Kier molecular flexibility index (Phi) is 10.4. The third kappa shape index (κ3) is 6.99. The van der Waals surface area contributed by atoms with Crippen LogP contribution in [0.4, 0.5) is 0 Å². The summed E-state index contributed by atoms with van der Waals surface area (Å²) in [6, 6.07) is 16.1. The van der Waals surface area contributed by atoms with Gasteiger partial charge in [0, 0.05) is 27.9 Å². The number of aromatic nitrogens is 4. The Labute approximate surface area is 281 Å². The van der Waals surface area contributed by atoms with Crippen molar-refractivity contribution in [1.82, 2.24) is 20.4 Å². The summed E-state index contributed by atoms with van der Waals surface area (Å²) in [5.74, 6) is 1.25. The second kappa shape index (κ2) is 13.9. The molecule has 5 rings (SSSR count). The average molecular weight is 715 g/mol. The lowest BCUT2D eigenvalue weighted by molar-refractivity contribution is 0.104. The largest absolute Gasteiger partial charge is 0.302 e. The third-order valence-corrected chi connectivity index (χ3v) is 14.1. The van der Waals surface area contributed by atoms with Crippen LogP contribution in [0.3, 0.4) is 0 Å². The summed E-state index contributed by atoms with van der Waals surface area (Å²) >= 11 is 16.1. The van der Waals surface area contributed by atoms with Crippen LogP contribution in [0.1, 0.15) is 54.1 Å². The van der Waals surface area contributed by atoms with Crippen LogP contribution in [-0.4, -0.2) is 31.4 Å². The van der Waals surface area contributed by atoms with E-state index in [0.717, 1.165) is 19.8 Å². The monoisotopic (exact) mass is 714 g/mol. The molecule has 0 spiro atoms. The predicted molar refractivity (Wildman–Crippen MR) is 188 cm³/mol. The Hall–Kier alpha value is -2.51. The van der Waals surface area contributed by atoms with E-state index in [1.54, 1.807) is 53.9 Å². The number of hydrogen-bond acceptors (Lipinski definition) is 11. The van der Waals surface area contributed by atoms with Gasteiger partial charge < -0.3 is 4.57 Å². The van der Waals surface area contributed by atoms with Crippen LogP contribution >= 0.6 is 77.8 Å². The van der Waals surface area contributed by atoms with Crippen molar-refractivity contribution in [3.05, 3.63) is 107 Å². The molecular formula is C30H27N4O3PS6. The zero-order chi connectivity index (χ0) is 31.6. The van der Waals surface area contributed by atoms with Gasteiger partial charge in [-0.3, -0.25) is 19.8 Å². The van der Waals surface area contributed by atoms with Crippen LogP contribution in [0.5, 0.6) is 0 Å². The molecule has 0 fully saturated rings. The number of carbonyl (C=O) groups is 2. The molecule has 0 saturated carbocycles. The fourth-order valence-corrected chi connectivity index (χ4v) is 11.7. The third-order valence-electron chi connectivity index (χ3n) is 6.87. The second-order valence-corrected chi connectivity index (χ2v) is 18.4. The average Bonchev–Trinajstić information content (AvgIpc) is 3.61. The van der Waals surface area contributed by atoms with E-state index in [1.165, 1.54) is 22.7 Å². The molecule has 2 heterocycles. The normalized spacial score (nSPS) is 11.5. The molecule has 0 aliphatic rings. The maximum atomic E-state index is 15.1. The first-order valence-corrected chi connectivity index (χ1v) is 19.4. The number of nitrogens with zero attached hydrogens (tertiary/aromatic N) is 2. The molecule has 0 aliphatic heterocycles. The van der Waals surface area contributed by atoms with Crippen LogP contribution in [-0.2, 0) is 16.1 Å². The van der Waals surface area contributed by atoms with Crippen molar-refractivity contribution in [3.63, 3.8) is 0 Å².